The Kier molecular flexibility index (Phi) is 4.00. The number of isocyanates is 1. The number of nitrogens with zero attached hydrogens (tertiary/aromatic N) is 1. The van der Waals surface area contributed by atoms with Crippen LogP contribution >= 0.6 is 38.5 Å². The van der Waals surface area contributed by atoms with E-state index in [4.69, 9.17) is 0 Å². The first-order chi connectivity index (χ1) is 8.14. The minimum Gasteiger partial charge on any atom is -0.211 e. The van der Waals surface area contributed by atoms with Crippen molar-refractivity contribution in [3.63, 3.8) is 0 Å². The van der Waals surface area contributed by atoms with Gasteiger partial charge < -0.3 is 0 Å². The molecule has 1 atom stereocenters. The number of alkyl halides is 1. The topological polar surface area (TPSA) is 29.4 Å². The Morgan fingerprint density at radius 3 is 2.82 bits per heavy atom. The lowest BCUT2D eigenvalue weighted by Crippen LogP contribution is -2.29. The van der Waals surface area contributed by atoms with E-state index in [9.17, 15) is 9.18 Å². The molecule has 0 aromatic heterocycles. The van der Waals surface area contributed by atoms with Crippen molar-refractivity contribution in [3.05, 3.63) is 34.1 Å². The van der Waals surface area contributed by atoms with Gasteiger partial charge in [0.25, 0.3) is 0 Å². The number of hydrogen-bond acceptors (Lipinski definition) is 2. The predicted octanol–water partition coefficient (Wildman–Crippen LogP) is 3.96. The zero-order chi connectivity index (χ0) is 12.5. The molecule has 17 heavy (non-hydrogen) atoms. The molecule has 0 aliphatic heterocycles. The molecule has 0 radical (unpaired) electrons. The molecule has 1 fully saturated rings. The van der Waals surface area contributed by atoms with E-state index in [1.54, 1.807) is 18.2 Å². The quantitative estimate of drug-likeness (QED) is 0.320. The van der Waals surface area contributed by atoms with E-state index in [2.05, 4.69) is 43.5 Å². The van der Waals surface area contributed by atoms with Crippen LogP contribution < -0.4 is 0 Å². The highest BCUT2D eigenvalue weighted by Crippen LogP contribution is 2.50. The standard InChI is InChI=1S/C12H10BrFINO/c13-9-3-4-11(14)10(5-9)12(6-15,16-7-17)8-1-2-8/h3-5,8H,1-2,6H2. The number of halogens is 3. The molecular weight excluding hydrogens is 400 g/mol. The molecular formula is C12H10BrFINO. The van der Waals surface area contributed by atoms with Crippen LogP contribution in [0.5, 0.6) is 0 Å². The maximum atomic E-state index is 13.9. The number of rotatable bonds is 4. The van der Waals surface area contributed by atoms with Crippen LogP contribution in [0, 0.1) is 11.7 Å². The average molecular weight is 410 g/mol. The summed E-state index contributed by atoms with van der Waals surface area (Å²) in [5, 5.41) is 0. The summed E-state index contributed by atoms with van der Waals surface area (Å²) < 4.78 is 15.3. The van der Waals surface area contributed by atoms with Gasteiger partial charge in [0.2, 0.25) is 6.08 Å². The minimum absolute atomic E-state index is 0.254. The third-order valence-electron chi connectivity index (χ3n) is 3.10. The van der Waals surface area contributed by atoms with Crippen LogP contribution in [-0.4, -0.2) is 10.5 Å². The molecule has 0 bridgehead atoms. The Balaban J connectivity index is 2.58. The lowest BCUT2D eigenvalue weighted by Gasteiger charge is -2.27. The van der Waals surface area contributed by atoms with Gasteiger partial charge >= 0.3 is 0 Å². The smallest absolute Gasteiger partial charge is 0.211 e. The Hall–Kier alpha value is -0.260. The van der Waals surface area contributed by atoms with Gasteiger partial charge in [0.05, 0.1) is 0 Å². The molecule has 1 aromatic carbocycles. The number of benzene rings is 1. The highest BCUT2D eigenvalue weighted by Gasteiger charge is 2.47. The summed E-state index contributed by atoms with van der Waals surface area (Å²) >= 11 is 5.49. The molecule has 0 N–H and O–H groups in total. The first kappa shape index (κ1) is 13.2. The molecule has 5 heteroatoms. The van der Waals surface area contributed by atoms with E-state index in [0.717, 1.165) is 17.3 Å². The van der Waals surface area contributed by atoms with Gasteiger partial charge in [-0.05, 0) is 37.0 Å². The van der Waals surface area contributed by atoms with Crippen LogP contribution in [0.15, 0.2) is 27.7 Å². The maximum Gasteiger partial charge on any atom is 0.235 e. The molecule has 2 nitrogen and oxygen atoms in total. The van der Waals surface area contributed by atoms with Gasteiger partial charge in [-0.15, -0.1) is 0 Å². The van der Waals surface area contributed by atoms with Gasteiger partial charge in [-0.25, -0.2) is 9.18 Å². The monoisotopic (exact) mass is 409 g/mol. The van der Waals surface area contributed by atoms with Gasteiger partial charge in [0, 0.05) is 14.5 Å². The lowest BCUT2D eigenvalue weighted by atomic mass is 9.87. The Morgan fingerprint density at radius 1 is 1.59 bits per heavy atom. The van der Waals surface area contributed by atoms with Crippen molar-refractivity contribution in [1.29, 1.82) is 0 Å². The van der Waals surface area contributed by atoms with Gasteiger partial charge in [0.15, 0.2) is 0 Å². The van der Waals surface area contributed by atoms with E-state index in [1.165, 1.54) is 6.07 Å². The summed E-state index contributed by atoms with van der Waals surface area (Å²) in [6.45, 7) is 0. The largest absolute Gasteiger partial charge is 0.235 e. The Bertz CT molecular complexity index is 485. The van der Waals surface area contributed by atoms with E-state index in [1.807, 2.05) is 0 Å². The van der Waals surface area contributed by atoms with Gasteiger partial charge in [-0.1, -0.05) is 38.5 Å². The molecule has 0 heterocycles. The summed E-state index contributed by atoms with van der Waals surface area (Å²) in [7, 11) is 0. The van der Waals surface area contributed by atoms with Crippen LogP contribution in [-0.2, 0) is 10.3 Å². The van der Waals surface area contributed by atoms with Crippen LogP contribution in [0.1, 0.15) is 18.4 Å². The average Bonchev–Trinajstić information content (AvgIpc) is 3.14. The number of hydrogen-bond donors (Lipinski definition) is 0. The summed E-state index contributed by atoms with van der Waals surface area (Å²) in [6, 6.07) is 4.77. The third-order valence-corrected chi connectivity index (χ3v) is 4.75. The molecule has 1 saturated carbocycles. The van der Waals surface area contributed by atoms with Crippen molar-refractivity contribution in [2.45, 2.75) is 18.4 Å². The van der Waals surface area contributed by atoms with Gasteiger partial charge in [-0.3, -0.25) is 0 Å². The molecule has 0 spiro atoms. The van der Waals surface area contributed by atoms with Crippen molar-refractivity contribution < 1.29 is 9.18 Å². The maximum absolute atomic E-state index is 13.9. The zero-order valence-electron chi connectivity index (χ0n) is 8.92. The number of carbonyl (C=O) groups excluding carboxylic acids is 1. The van der Waals surface area contributed by atoms with Crippen LogP contribution in [0.25, 0.3) is 0 Å². The van der Waals surface area contributed by atoms with E-state index in [0.29, 0.717) is 9.99 Å². The fraction of sp³-hybridized carbons (Fsp3) is 0.417. The highest BCUT2D eigenvalue weighted by atomic mass is 127. The molecule has 0 saturated heterocycles. The van der Waals surface area contributed by atoms with Crippen molar-refractivity contribution >= 4 is 44.6 Å². The second kappa shape index (κ2) is 5.16. The minimum atomic E-state index is -0.740. The molecule has 2 rings (SSSR count). The SMILES string of the molecule is O=C=NC(CI)(c1cc(Br)ccc1F)C1CC1. The molecule has 1 aromatic rings. The Labute approximate surface area is 121 Å². The van der Waals surface area contributed by atoms with Gasteiger partial charge in [0.1, 0.15) is 11.4 Å². The van der Waals surface area contributed by atoms with Crippen molar-refractivity contribution in [2.75, 3.05) is 4.43 Å². The van der Waals surface area contributed by atoms with Crippen molar-refractivity contribution in [1.82, 2.24) is 0 Å². The second-order valence-electron chi connectivity index (χ2n) is 4.16. The van der Waals surface area contributed by atoms with Crippen molar-refractivity contribution in [3.8, 4) is 0 Å². The first-order valence-corrected chi connectivity index (χ1v) is 7.56. The van der Waals surface area contributed by atoms with Crippen LogP contribution in [0.2, 0.25) is 0 Å². The normalized spacial score (nSPS) is 18.3. The Morgan fingerprint density at radius 2 is 2.29 bits per heavy atom. The third kappa shape index (κ3) is 2.46. The number of aliphatic imine (C=N–C) groups is 1. The molecule has 1 aliphatic rings. The summed E-state index contributed by atoms with van der Waals surface area (Å²) in [6.07, 6.45) is 3.59. The van der Waals surface area contributed by atoms with Crippen molar-refractivity contribution in [2.24, 2.45) is 10.9 Å². The molecule has 1 unspecified atom stereocenters. The highest BCUT2D eigenvalue weighted by molar-refractivity contribution is 14.1. The van der Waals surface area contributed by atoms with E-state index in [-0.39, 0.29) is 11.7 Å². The fourth-order valence-electron chi connectivity index (χ4n) is 2.05. The molecule has 1 aliphatic carbocycles. The summed E-state index contributed by atoms with van der Waals surface area (Å²) in [4.78, 5) is 14.6. The van der Waals surface area contributed by atoms with Crippen LogP contribution in [0.3, 0.4) is 0 Å². The van der Waals surface area contributed by atoms with E-state index >= 15 is 0 Å². The second-order valence-corrected chi connectivity index (χ2v) is 5.84. The predicted molar refractivity (Wildman–Crippen MR) is 75.5 cm³/mol. The first-order valence-electron chi connectivity index (χ1n) is 5.24. The van der Waals surface area contributed by atoms with Crippen LogP contribution in [0.4, 0.5) is 4.39 Å². The molecule has 0 amide bonds. The fourth-order valence-corrected chi connectivity index (χ4v) is 3.62. The molecule has 90 valence electrons. The zero-order valence-corrected chi connectivity index (χ0v) is 12.7. The van der Waals surface area contributed by atoms with E-state index < -0.39 is 5.54 Å². The lowest BCUT2D eigenvalue weighted by molar-refractivity contribution is 0.416. The summed E-state index contributed by atoms with van der Waals surface area (Å²) in [5.41, 5.74) is -0.247. The summed E-state index contributed by atoms with van der Waals surface area (Å²) in [5.74, 6) is -0.0552. The van der Waals surface area contributed by atoms with Gasteiger partial charge in [-0.2, -0.15) is 4.99 Å².